The lowest BCUT2D eigenvalue weighted by Gasteiger charge is -2.19. The average molecular weight is 366 g/mol. The van der Waals surface area contributed by atoms with E-state index in [4.69, 9.17) is 19.9 Å². The van der Waals surface area contributed by atoms with Crippen LogP contribution in [0, 0.1) is 0 Å². The highest BCUT2D eigenvalue weighted by Crippen LogP contribution is 2.33. The van der Waals surface area contributed by atoms with Gasteiger partial charge < -0.3 is 29.6 Å². The maximum atomic E-state index is 12.8. The first-order valence-corrected chi connectivity index (χ1v) is 8.49. The van der Waals surface area contributed by atoms with Gasteiger partial charge in [-0.05, 0) is 18.9 Å². The fourth-order valence-electron chi connectivity index (χ4n) is 2.87. The molecule has 8 nitrogen and oxygen atoms in total. The number of carbonyl (C=O) groups excluding carboxylic acids is 2. The van der Waals surface area contributed by atoms with Crippen molar-refractivity contribution < 1.29 is 28.5 Å². The van der Waals surface area contributed by atoms with E-state index < -0.39 is 0 Å². The van der Waals surface area contributed by atoms with Crippen LogP contribution in [0.3, 0.4) is 0 Å². The Morgan fingerprint density at radius 3 is 2.54 bits per heavy atom. The molecule has 1 aromatic rings. The second-order valence-corrected chi connectivity index (χ2v) is 6.01. The highest BCUT2D eigenvalue weighted by molar-refractivity contribution is 6.00. The monoisotopic (exact) mass is 366 g/mol. The number of likely N-dealkylation sites (tertiary alicyclic amines) is 1. The van der Waals surface area contributed by atoms with E-state index in [0.717, 1.165) is 6.42 Å². The van der Waals surface area contributed by atoms with Crippen molar-refractivity contribution in [2.45, 2.75) is 25.4 Å². The summed E-state index contributed by atoms with van der Waals surface area (Å²) in [6.45, 7) is 1.54. The second-order valence-electron chi connectivity index (χ2n) is 6.01. The number of nitrogens with two attached hydrogens (primary N) is 1. The third-order valence-corrected chi connectivity index (χ3v) is 4.32. The molecule has 8 heteroatoms. The first-order valence-electron chi connectivity index (χ1n) is 8.49. The SMILES string of the molecule is COC(=O)CCCOC1CCN(C(=O)c2cc(OC)c(OC)cc2N)C1. The van der Waals surface area contributed by atoms with E-state index in [2.05, 4.69) is 4.74 Å². The molecular formula is C18H26N2O6. The van der Waals surface area contributed by atoms with E-state index in [1.807, 2.05) is 0 Å². The van der Waals surface area contributed by atoms with Crippen LogP contribution in [0.2, 0.25) is 0 Å². The normalized spacial score (nSPS) is 16.4. The van der Waals surface area contributed by atoms with Crippen molar-refractivity contribution in [1.82, 2.24) is 4.90 Å². The van der Waals surface area contributed by atoms with Crippen LogP contribution in [0.15, 0.2) is 12.1 Å². The molecule has 0 radical (unpaired) electrons. The van der Waals surface area contributed by atoms with Crippen LogP contribution in [0.4, 0.5) is 5.69 Å². The van der Waals surface area contributed by atoms with Gasteiger partial charge >= 0.3 is 5.97 Å². The van der Waals surface area contributed by atoms with Gasteiger partial charge in [-0.3, -0.25) is 9.59 Å². The number of hydrogen-bond acceptors (Lipinski definition) is 7. The molecule has 0 aliphatic carbocycles. The van der Waals surface area contributed by atoms with Crippen LogP contribution in [-0.4, -0.2) is 63.9 Å². The van der Waals surface area contributed by atoms with Crippen molar-refractivity contribution in [2.75, 3.05) is 46.8 Å². The topological polar surface area (TPSA) is 100 Å². The van der Waals surface area contributed by atoms with E-state index in [1.165, 1.54) is 21.3 Å². The molecule has 1 aromatic carbocycles. The van der Waals surface area contributed by atoms with Gasteiger partial charge in [0.25, 0.3) is 5.91 Å². The Bertz CT molecular complexity index is 649. The van der Waals surface area contributed by atoms with Crippen molar-refractivity contribution >= 4 is 17.6 Å². The molecule has 2 N–H and O–H groups in total. The van der Waals surface area contributed by atoms with Gasteiger partial charge in [0.2, 0.25) is 0 Å². The largest absolute Gasteiger partial charge is 0.493 e. The lowest BCUT2D eigenvalue weighted by Crippen LogP contribution is -2.31. The smallest absolute Gasteiger partial charge is 0.305 e. The van der Waals surface area contributed by atoms with Gasteiger partial charge in [-0.2, -0.15) is 0 Å². The van der Waals surface area contributed by atoms with Crippen molar-refractivity contribution in [3.63, 3.8) is 0 Å². The fourth-order valence-corrected chi connectivity index (χ4v) is 2.87. The Hall–Kier alpha value is -2.48. The van der Waals surface area contributed by atoms with Gasteiger partial charge in [0.1, 0.15) is 0 Å². The van der Waals surface area contributed by atoms with Crippen molar-refractivity contribution in [3.05, 3.63) is 17.7 Å². The molecule has 1 aliphatic rings. The molecule has 26 heavy (non-hydrogen) atoms. The van der Waals surface area contributed by atoms with Gasteiger partial charge in [0.05, 0.1) is 33.0 Å². The molecule has 1 amide bonds. The highest BCUT2D eigenvalue weighted by atomic mass is 16.5. The maximum Gasteiger partial charge on any atom is 0.305 e. The third kappa shape index (κ3) is 4.78. The van der Waals surface area contributed by atoms with Gasteiger partial charge in [-0.25, -0.2) is 0 Å². The minimum atomic E-state index is -0.249. The van der Waals surface area contributed by atoms with Gasteiger partial charge in [0.15, 0.2) is 11.5 Å². The van der Waals surface area contributed by atoms with Crippen molar-refractivity contribution in [1.29, 1.82) is 0 Å². The van der Waals surface area contributed by atoms with Gasteiger partial charge in [0, 0.05) is 37.9 Å². The molecule has 1 heterocycles. The summed E-state index contributed by atoms with van der Waals surface area (Å²) in [6.07, 6.45) is 1.63. The number of carbonyl (C=O) groups is 2. The summed E-state index contributed by atoms with van der Waals surface area (Å²) < 4.78 is 20.8. The lowest BCUT2D eigenvalue weighted by atomic mass is 10.1. The Labute approximate surface area is 153 Å². The second kappa shape index (κ2) is 9.28. The molecule has 144 valence electrons. The molecule has 0 bridgehead atoms. The summed E-state index contributed by atoms with van der Waals surface area (Å²) in [7, 11) is 4.39. The number of nitrogen functional groups attached to an aromatic ring is 1. The van der Waals surface area contributed by atoms with E-state index in [1.54, 1.807) is 17.0 Å². The Kier molecular flexibility index (Phi) is 7.08. The zero-order valence-electron chi connectivity index (χ0n) is 15.4. The van der Waals surface area contributed by atoms with E-state index in [-0.39, 0.29) is 18.0 Å². The number of anilines is 1. The van der Waals surface area contributed by atoms with Crippen LogP contribution in [0.5, 0.6) is 11.5 Å². The molecule has 1 atom stereocenters. The lowest BCUT2D eigenvalue weighted by molar-refractivity contribution is -0.141. The molecule has 1 saturated heterocycles. The Morgan fingerprint density at radius 2 is 1.88 bits per heavy atom. The minimum absolute atomic E-state index is 0.0436. The number of nitrogens with zero attached hydrogens (tertiary/aromatic N) is 1. The predicted molar refractivity (Wildman–Crippen MR) is 95.5 cm³/mol. The summed E-state index contributed by atoms with van der Waals surface area (Å²) in [5, 5.41) is 0. The fraction of sp³-hybridized carbons (Fsp3) is 0.556. The number of amides is 1. The first-order chi connectivity index (χ1) is 12.5. The zero-order chi connectivity index (χ0) is 19.1. The number of rotatable bonds is 8. The predicted octanol–water partition coefficient (Wildman–Crippen LogP) is 1.47. The van der Waals surface area contributed by atoms with E-state index >= 15 is 0 Å². The Morgan fingerprint density at radius 1 is 1.19 bits per heavy atom. The van der Waals surface area contributed by atoms with Crippen LogP contribution in [0.25, 0.3) is 0 Å². The van der Waals surface area contributed by atoms with E-state index in [0.29, 0.717) is 55.3 Å². The summed E-state index contributed by atoms with van der Waals surface area (Å²) in [5.41, 5.74) is 6.73. The molecule has 1 aliphatic heterocycles. The maximum absolute atomic E-state index is 12.8. The standard InChI is InChI=1S/C18H26N2O6/c1-23-15-9-13(14(19)10-16(15)24-2)18(22)20-7-6-12(11-20)26-8-4-5-17(21)25-3/h9-10,12H,4-8,11,19H2,1-3H3. The van der Waals surface area contributed by atoms with Crippen LogP contribution >= 0.6 is 0 Å². The van der Waals surface area contributed by atoms with Crippen LogP contribution in [0.1, 0.15) is 29.6 Å². The quantitative estimate of drug-likeness (QED) is 0.422. The summed E-state index contributed by atoms with van der Waals surface area (Å²) >= 11 is 0. The molecule has 0 aromatic heterocycles. The number of ether oxygens (including phenoxy) is 4. The number of benzene rings is 1. The molecule has 1 fully saturated rings. The minimum Gasteiger partial charge on any atom is -0.493 e. The Balaban J connectivity index is 1.92. The van der Waals surface area contributed by atoms with E-state index in [9.17, 15) is 9.59 Å². The summed E-state index contributed by atoms with van der Waals surface area (Å²) in [4.78, 5) is 25.6. The molecule has 1 unspecified atom stereocenters. The molecular weight excluding hydrogens is 340 g/mol. The number of methoxy groups -OCH3 is 3. The third-order valence-electron chi connectivity index (χ3n) is 4.32. The molecule has 2 rings (SSSR count). The van der Waals surface area contributed by atoms with Gasteiger partial charge in [-0.1, -0.05) is 0 Å². The highest BCUT2D eigenvalue weighted by Gasteiger charge is 2.29. The average Bonchev–Trinajstić information content (AvgIpc) is 3.13. The van der Waals surface area contributed by atoms with Crippen LogP contribution in [-0.2, 0) is 14.3 Å². The zero-order valence-corrected chi connectivity index (χ0v) is 15.4. The molecule has 0 saturated carbocycles. The number of hydrogen-bond donors (Lipinski definition) is 1. The molecule has 0 spiro atoms. The summed E-state index contributed by atoms with van der Waals surface area (Å²) in [5.74, 6) is 0.527. The number of esters is 1. The van der Waals surface area contributed by atoms with Gasteiger partial charge in [-0.15, -0.1) is 0 Å². The van der Waals surface area contributed by atoms with Crippen molar-refractivity contribution in [2.24, 2.45) is 0 Å². The first kappa shape index (κ1) is 19.8. The van der Waals surface area contributed by atoms with Crippen LogP contribution < -0.4 is 15.2 Å². The van der Waals surface area contributed by atoms with Crippen molar-refractivity contribution in [3.8, 4) is 11.5 Å². The summed E-state index contributed by atoms with van der Waals surface area (Å²) in [6, 6.07) is 3.18.